The maximum atomic E-state index is 5.92. The summed E-state index contributed by atoms with van der Waals surface area (Å²) in [6.07, 6.45) is 1.96. The molecule has 0 radical (unpaired) electrons. The van der Waals surface area contributed by atoms with Crippen molar-refractivity contribution in [3.05, 3.63) is 48.6 Å². The lowest BCUT2D eigenvalue weighted by atomic mass is 10.2. The van der Waals surface area contributed by atoms with E-state index in [9.17, 15) is 0 Å². The fraction of sp³-hybridized carbons (Fsp3) is 0.333. The second-order valence-electron chi connectivity index (χ2n) is 4.03. The molecule has 0 amide bonds. The highest BCUT2D eigenvalue weighted by Gasteiger charge is 2.19. The molecule has 1 aromatic carbocycles. The average Bonchev–Trinajstić information content (AvgIpc) is 2.17. The number of allylic oxidation sites excluding steroid dienone is 1. The lowest BCUT2D eigenvalue weighted by molar-refractivity contribution is 0.297. The van der Waals surface area contributed by atoms with Gasteiger partial charge in [0.1, 0.15) is 0 Å². The molecule has 0 aliphatic carbocycles. The van der Waals surface area contributed by atoms with Crippen molar-refractivity contribution in [3.63, 3.8) is 0 Å². The maximum Gasteiger partial charge on any atom is 0.190 e. The Hall–Kier alpha value is -0.863. The summed E-state index contributed by atoms with van der Waals surface area (Å²) in [5, 5.41) is 0. The van der Waals surface area contributed by atoms with Gasteiger partial charge < -0.3 is 4.43 Å². The molecule has 0 fully saturated rings. The Bertz CT molecular complexity index is 280. The zero-order chi connectivity index (χ0) is 10.4. The molecule has 1 aromatic rings. The molecule has 0 spiro atoms. The SMILES string of the molecule is C=CC[Si](C)(C)OCc1ccccc1. The molecule has 0 heterocycles. The quantitative estimate of drug-likeness (QED) is 0.528. The molecule has 14 heavy (non-hydrogen) atoms. The Morgan fingerprint density at radius 1 is 1.29 bits per heavy atom. The Morgan fingerprint density at radius 3 is 2.50 bits per heavy atom. The molecule has 0 aliphatic heterocycles. The highest BCUT2D eigenvalue weighted by Crippen LogP contribution is 2.14. The fourth-order valence-corrected chi connectivity index (χ4v) is 2.63. The van der Waals surface area contributed by atoms with E-state index in [1.165, 1.54) is 5.56 Å². The lowest BCUT2D eigenvalue weighted by Gasteiger charge is -2.21. The van der Waals surface area contributed by atoms with Crippen LogP contribution in [0, 0.1) is 0 Å². The summed E-state index contributed by atoms with van der Waals surface area (Å²) in [7, 11) is -1.50. The molecular weight excluding hydrogens is 188 g/mol. The Morgan fingerprint density at radius 2 is 1.93 bits per heavy atom. The molecule has 0 atom stereocenters. The van der Waals surface area contributed by atoms with E-state index in [0.29, 0.717) is 0 Å². The van der Waals surface area contributed by atoms with E-state index in [2.05, 4.69) is 31.8 Å². The Balaban J connectivity index is 2.44. The number of rotatable bonds is 5. The van der Waals surface area contributed by atoms with E-state index in [1.54, 1.807) is 0 Å². The van der Waals surface area contributed by atoms with Gasteiger partial charge in [0, 0.05) is 0 Å². The van der Waals surface area contributed by atoms with Crippen LogP contribution in [0.25, 0.3) is 0 Å². The molecule has 0 unspecified atom stereocenters. The van der Waals surface area contributed by atoms with Crippen LogP contribution in [0.1, 0.15) is 5.56 Å². The van der Waals surface area contributed by atoms with Gasteiger partial charge in [-0.1, -0.05) is 36.4 Å². The molecule has 0 bridgehead atoms. The van der Waals surface area contributed by atoms with Crippen LogP contribution in [0.3, 0.4) is 0 Å². The summed E-state index contributed by atoms with van der Waals surface area (Å²) in [6.45, 7) is 8.93. The minimum atomic E-state index is -1.50. The summed E-state index contributed by atoms with van der Waals surface area (Å²) in [5.41, 5.74) is 1.25. The van der Waals surface area contributed by atoms with Crippen LogP contribution >= 0.6 is 0 Å². The van der Waals surface area contributed by atoms with Crippen LogP contribution in [0.15, 0.2) is 43.0 Å². The monoisotopic (exact) mass is 206 g/mol. The molecule has 0 N–H and O–H groups in total. The van der Waals surface area contributed by atoms with Crippen molar-refractivity contribution in [2.45, 2.75) is 25.7 Å². The van der Waals surface area contributed by atoms with Crippen LogP contribution in [-0.4, -0.2) is 8.32 Å². The minimum absolute atomic E-state index is 0.730. The molecule has 0 aliphatic rings. The Kier molecular flexibility index (Phi) is 4.11. The normalized spacial score (nSPS) is 11.3. The van der Waals surface area contributed by atoms with Gasteiger partial charge in [-0.05, 0) is 24.7 Å². The van der Waals surface area contributed by atoms with Crippen molar-refractivity contribution in [2.75, 3.05) is 0 Å². The third-order valence-corrected chi connectivity index (χ3v) is 4.31. The molecule has 76 valence electrons. The van der Waals surface area contributed by atoms with E-state index >= 15 is 0 Å². The summed E-state index contributed by atoms with van der Waals surface area (Å²) in [4.78, 5) is 0. The van der Waals surface area contributed by atoms with Crippen LogP contribution < -0.4 is 0 Å². The van der Waals surface area contributed by atoms with Crippen LogP contribution in [-0.2, 0) is 11.0 Å². The first-order valence-corrected chi connectivity index (χ1v) is 8.04. The second-order valence-corrected chi connectivity index (χ2v) is 8.24. The van der Waals surface area contributed by atoms with E-state index in [4.69, 9.17) is 4.43 Å². The van der Waals surface area contributed by atoms with Gasteiger partial charge in [-0.25, -0.2) is 0 Å². The van der Waals surface area contributed by atoms with Crippen LogP contribution in [0.2, 0.25) is 19.1 Å². The summed E-state index contributed by atoms with van der Waals surface area (Å²) in [6, 6.07) is 11.3. The smallest absolute Gasteiger partial charge is 0.190 e. The van der Waals surface area contributed by atoms with Crippen LogP contribution in [0.4, 0.5) is 0 Å². The Labute approximate surface area is 87.5 Å². The summed E-state index contributed by atoms with van der Waals surface area (Å²) < 4.78 is 5.92. The fourth-order valence-electron chi connectivity index (χ4n) is 1.26. The van der Waals surface area contributed by atoms with Gasteiger partial charge in [0.25, 0.3) is 0 Å². The zero-order valence-corrected chi connectivity index (χ0v) is 9.99. The topological polar surface area (TPSA) is 9.23 Å². The predicted octanol–water partition coefficient (Wildman–Crippen LogP) is 3.59. The molecule has 1 rings (SSSR count). The number of benzene rings is 1. The van der Waals surface area contributed by atoms with Crippen molar-refractivity contribution in [2.24, 2.45) is 0 Å². The first-order valence-electron chi connectivity index (χ1n) is 4.93. The first-order chi connectivity index (χ1) is 6.64. The van der Waals surface area contributed by atoms with Gasteiger partial charge in [0.2, 0.25) is 0 Å². The number of hydrogen-bond donors (Lipinski definition) is 0. The molecule has 2 heteroatoms. The van der Waals surface area contributed by atoms with Crippen molar-refractivity contribution >= 4 is 8.32 Å². The molecule has 0 saturated carbocycles. The van der Waals surface area contributed by atoms with E-state index < -0.39 is 8.32 Å². The van der Waals surface area contributed by atoms with Gasteiger partial charge >= 0.3 is 0 Å². The van der Waals surface area contributed by atoms with Crippen molar-refractivity contribution in [1.82, 2.24) is 0 Å². The van der Waals surface area contributed by atoms with Crippen LogP contribution in [0.5, 0.6) is 0 Å². The third-order valence-electron chi connectivity index (χ3n) is 2.11. The molecule has 1 nitrogen and oxygen atoms in total. The second kappa shape index (κ2) is 5.13. The largest absolute Gasteiger partial charge is 0.413 e. The zero-order valence-electron chi connectivity index (χ0n) is 8.99. The summed E-state index contributed by atoms with van der Waals surface area (Å²) >= 11 is 0. The summed E-state index contributed by atoms with van der Waals surface area (Å²) in [5.74, 6) is 0. The maximum absolute atomic E-state index is 5.92. The van der Waals surface area contributed by atoms with Gasteiger partial charge in [-0.15, -0.1) is 6.58 Å². The van der Waals surface area contributed by atoms with E-state index in [0.717, 1.165) is 12.7 Å². The third kappa shape index (κ3) is 3.90. The van der Waals surface area contributed by atoms with Crippen molar-refractivity contribution in [1.29, 1.82) is 0 Å². The van der Waals surface area contributed by atoms with Gasteiger partial charge in [0.15, 0.2) is 8.32 Å². The van der Waals surface area contributed by atoms with Gasteiger partial charge in [-0.2, -0.15) is 0 Å². The minimum Gasteiger partial charge on any atom is -0.413 e. The van der Waals surface area contributed by atoms with Crippen molar-refractivity contribution < 1.29 is 4.43 Å². The highest BCUT2D eigenvalue weighted by molar-refractivity contribution is 6.71. The first kappa shape index (κ1) is 11.2. The van der Waals surface area contributed by atoms with E-state index in [-0.39, 0.29) is 0 Å². The number of hydrogen-bond acceptors (Lipinski definition) is 1. The highest BCUT2D eigenvalue weighted by atomic mass is 28.4. The van der Waals surface area contributed by atoms with E-state index in [1.807, 2.05) is 24.3 Å². The van der Waals surface area contributed by atoms with Crippen molar-refractivity contribution in [3.8, 4) is 0 Å². The van der Waals surface area contributed by atoms with Gasteiger partial charge in [-0.3, -0.25) is 0 Å². The average molecular weight is 206 g/mol. The standard InChI is InChI=1S/C12H18OSi/c1-4-10-14(2,3)13-11-12-8-6-5-7-9-12/h4-9H,1,10-11H2,2-3H3. The molecule has 0 saturated heterocycles. The lowest BCUT2D eigenvalue weighted by Crippen LogP contribution is -2.28. The molecule has 0 aromatic heterocycles. The molecular formula is C12H18OSi. The predicted molar refractivity (Wildman–Crippen MR) is 63.7 cm³/mol. The van der Waals surface area contributed by atoms with Gasteiger partial charge in [0.05, 0.1) is 6.61 Å².